The number of nitrogens with zero attached hydrogens (tertiary/aromatic N) is 2. The molecule has 2 N–H and O–H groups in total. The fourth-order valence-corrected chi connectivity index (χ4v) is 5.26. The van der Waals surface area contributed by atoms with E-state index in [-0.39, 0.29) is 5.54 Å². The fraction of sp³-hybridized carbons (Fsp3) is 1.00. The summed E-state index contributed by atoms with van der Waals surface area (Å²) in [7, 11) is -1.64. The molecular weight excluding hydrogens is 274 g/mol. The zero-order chi connectivity index (χ0) is 14.8. The first kappa shape index (κ1) is 16.2. The maximum Gasteiger partial charge on any atom is 0.282 e. The zero-order valence-electron chi connectivity index (χ0n) is 12.8. The topological polar surface area (TPSA) is 66.6 Å². The second kappa shape index (κ2) is 6.30. The number of hydrogen-bond donors (Lipinski definition) is 1. The summed E-state index contributed by atoms with van der Waals surface area (Å²) < 4.78 is 28.9. The number of hydrogen-bond acceptors (Lipinski definition) is 3. The standard InChI is InChI=1S/C14H29N3O2S/c1-13-6-10-17(11-7-13)20(18,19)16(2)14(12-15)8-4-3-5-9-14/h13H,3-12,15H2,1-2H3. The number of likely N-dealkylation sites (N-methyl/N-ethyl adjacent to an activating group) is 1. The molecule has 0 aromatic heterocycles. The van der Waals surface area contributed by atoms with Crippen LogP contribution in [0.2, 0.25) is 0 Å². The van der Waals surface area contributed by atoms with Crippen molar-refractivity contribution in [2.24, 2.45) is 11.7 Å². The Bertz CT molecular complexity index is 410. The molecule has 1 saturated heterocycles. The molecule has 0 aromatic carbocycles. The Morgan fingerprint density at radius 3 is 2.25 bits per heavy atom. The van der Waals surface area contributed by atoms with Gasteiger partial charge in [0.25, 0.3) is 10.2 Å². The van der Waals surface area contributed by atoms with Crippen LogP contribution >= 0.6 is 0 Å². The van der Waals surface area contributed by atoms with Gasteiger partial charge in [0.2, 0.25) is 0 Å². The fourth-order valence-electron chi connectivity index (χ4n) is 3.49. The Morgan fingerprint density at radius 1 is 1.20 bits per heavy atom. The lowest BCUT2D eigenvalue weighted by atomic mass is 9.82. The van der Waals surface area contributed by atoms with E-state index < -0.39 is 10.2 Å². The quantitative estimate of drug-likeness (QED) is 0.857. The van der Waals surface area contributed by atoms with E-state index in [0.29, 0.717) is 25.6 Å². The summed E-state index contributed by atoms with van der Waals surface area (Å²) in [5.41, 5.74) is 5.60. The van der Waals surface area contributed by atoms with Crippen LogP contribution in [0.1, 0.15) is 51.9 Å². The van der Waals surface area contributed by atoms with E-state index in [0.717, 1.165) is 38.5 Å². The Kier molecular flexibility index (Phi) is 5.10. The van der Waals surface area contributed by atoms with Gasteiger partial charge in [-0.2, -0.15) is 17.0 Å². The maximum atomic E-state index is 12.9. The Hall–Kier alpha value is -0.170. The largest absolute Gasteiger partial charge is 0.329 e. The van der Waals surface area contributed by atoms with Crippen molar-refractivity contribution in [1.29, 1.82) is 0 Å². The molecule has 0 aromatic rings. The van der Waals surface area contributed by atoms with Crippen molar-refractivity contribution in [2.45, 2.75) is 57.4 Å². The van der Waals surface area contributed by atoms with Crippen molar-refractivity contribution in [2.75, 3.05) is 26.7 Å². The summed E-state index contributed by atoms with van der Waals surface area (Å²) in [6.45, 7) is 3.91. The molecule has 2 aliphatic rings. The van der Waals surface area contributed by atoms with E-state index in [1.54, 1.807) is 15.7 Å². The molecule has 2 rings (SSSR count). The molecule has 1 aliphatic carbocycles. The highest BCUT2D eigenvalue weighted by Gasteiger charge is 2.43. The van der Waals surface area contributed by atoms with Crippen LogP contribution in [0.5, 0.6) is 0 Å². The number of rotatable bonds is 4. The smallest absolute Gasteiger partial charge is 0.282 e. The summed E-state index contributed by atoms with van der Waals surface area (Å²) in [6.07, 6.45) is 7.05. The minimum absolute atomic E-state index is 0.361. The molecule has 118 valence electrons. The molecule has 0 radical (unpaired) electrons. The minimum Gasteiger partial charge on any atom is -0.329 e. The van der Waals surface area contributed by atoms with Crippen LogP contribution in [0.25, 0.3) is 0 Å². The van der Waals surface area contributed by atoms with E-state index >= 15 is 0 Å². The summed E-state index contributed by atoms with van der Waals surface area (Å²) in [4.78, 5) is 0. The van der Waals surface area contributed by atoms with Crippen LogP contribution in [0.15, 0.2) is 0 Å². The average molecular weight is 303 g/mol. The second-order valence-corrected chi connectivity index (χ2v) is 8.51. The van der Waals surface area contributed by atoms with Gasteiger partial charge in [-0.3, -0.25) is 0 Å². The number of piperidine rings is 1. The van der Waals surface area contributed by atoms with Gasteiger partial charge in [0.15, 0.2) is 0 Å². The first-order valence-corrected chi connectivity index (χ1v) is 9.26. The van der Waals surface area contributed by atoms with Crippen molar-refractivity contribution >= 4 is 10.2 Å². The summed E-state index contributed by atoms with van der Waals surface area (Å²) in [5.74, 6) is 0.630. The third-order valence-electron chi connectivity index (χ3n) is 5.25. The molecule has 0 spiro atoms. The first-order chi connectivity index (χ1) is 9.42. The lowest BCUT2D eigenvalue weighted by molar-refractivity contribution is 0.145. The molecule has 5 nitrogen and oxygen atoms in total. The first-order valence-electron chi connectivity index (χ1n) is 7.86. The van der Waals surface area contributed by atoms with Crippen LogP contribution in [-0.4, -0.2) is 49.2 Å². The molecule has 2 fully saturated rings. The molecule has 1 aliphatic heterocycles. The van der Waals surface area contributed by atoms with Gasteiger partial charge in [-0.15, -0.1) is 0 Å². The van der Waals surface area contributed by atoms with Crippen LogP contribution in [0, 0.1) is 5.92 Å². The SMILES string of the molecule is CC1CCN(S(=O)(=O)N(C)C2(CN)CCCCC2)CC1. The molecule has 6 heteroatoms. The Labute approximate surface area is 123 Å². The molecule has 1 heterocycles. The summed E-state index contributed by atoms with van der Waals surface area (Å²) in [6, 6.07) is 0. The lowest BCUT2D eigenvalue weighted by Gasteiger charge is -2.45. The van der Waals surface area contributed by atoms with Crippen molar-refractivity contribution in [1.82, 2.24) is 8.61 Å². The molecule has 0 unspecified atom stereocenters. The van der Waals surface area contributed by atoms with E-state index in [1.165, 1.54) is 6.42 Å². The van der Waals surface area contributed by atoms with Gasteiger partial charge in [-0.1, -0.05) is 26.2 Å². The Morgan fingerprint density at radius 2 is 1.75 bits per heavy atom. The third-order valence-corrected chi connectivity index (χ3v) is 7.34. The predicted octanol–water partition coefficient (Wildman–Crippen LogP) is 1.56. The average Bonchev–Trinajstić information content (AvgIpc) is 2.47. The normalized spacial score (nSPS) is 26.0. The van der Waals surface area contributed by atoms with Crippen molar-refractivity contribution in [3.05, 3.63) is 0 Å². The van der Waals surface area contributed by atoms with E-state index in [9.17, 15) is 8.42 Å². The summed E-state index contributed by atoms with van der Waals surface area (Å²) in [5, 5.41) is 0. The van der Waals surface area contributed by atoms with Gasteiger partial charge in [-0.05, 0) is 31.6 Å². The highest BCUT2D eigenvalue weighted by molar-refractivity contribution is 7.86. The zero-order valence-corrected chi connectivity index (χ0v) is 13.7. The van der Waals surface area contributed by atoms with Crippen molar-refractivity contribution in [3.63, 3.8) is 0 Å². The molecule has 0 bridgehead atoms. The molecule has 0 atom stereocenters. The van der Waals surface area contributed by atoms with Gasteiger partial charge >= 0.3 is 0 Å². The van der Waals surface area contributed by atoms with Crippen LogP contribution < -0.4 is 5.73 Å². The van der Waals surface area contributed by atoms with E-state index in [4.69, 9.17) is 5.73 Å². The van der Waals surface area contributed by atoms with Crippen LogP contribution in [0.3, 0.4) is 0 Å². The second-order valence-electron chi connectivity index (χ2n) is 6.55. The van der Waals surface area contributed by atoms with Gasteiger partial charge < -0.3 is 5.73 Å². The molecular formula is C14H29N3O2S. The van der Waals surface area contributed by atoms with Crippen molar-refractivity contribution in [3.8, 4) is 0 Å². The van der Waals surface area contributed by atoms with Gasteiger partial charge in [0.05, 0.1) is 0 Å². The van der Waals surface area contributed by atoms with Gasteiger partial charge in [-0.25, -0.2) is 0 Å². The maximum absolute atomic E-state index is 12.9. The van der Waals surface area contributed by atoms with Crippen molar-refractivity contribution < 1.29 is 8.42 Å². The monoisotopic (exact) mass is 303 g/mol. The highest BCUT2D eigenvalue weighted by Crippen LogP contribution is 2.35. The summed E-state index contributed by atoms with van der Waals surface area (Å²) >= 11 is 0. The third kappa shape index (κ3) is 3.03. The van der Waals surface area contributed by atoms with Gasteiger partial charge in [0.1, 0.15) is 0 Å². The van der Waals surface area contributed by atoms with Gasteiger partial charge in [0, 0.05) is 32.2 Å². The van der Waals surface area contributed by atoms with E-state index in [2.05, 4.69) is 6.92 Å². The van der Waals surface area contributed by atoms with Crippen LogP contribution in [-0.2, 0) is 10.2 Å². The molecule has 0 amide bonds. The van der Waals surface area contributed by atoms with E-state index in [1.807, 2.05) is 0 Å². The predicted molar refractivity (Wildman–Crippen MR) is 81.5 cm³/mol. The minimum atomic E-state index is -3.37. The van der Waals surface area contributed by atoms with Crippen LogP contribution in [0.4, 0.5) is 0 Å². The Balaban J connectivity index is 2.15. The molecule has 20 heavy (non-hydrogen) atoms. The number of nitrogens with two attached hydrogens (primary N) is 1. The highest BCUT2D eigenvalue weighted by atomic mass is 32.2. The lowest BCUT2D eigenvalue weighted by Crippen LogP contribution is -2.59. The molecule has 1 saturated carbocycles.